The summed E-state index contributed by atoms with van der Waals surface area (Å²) in [5, 5.41) is 3.06. The highest BCUT2D eigenvalue weighted by Crippen LogP contribution is 2.43. The van der Waals surface area contributed by atoms with Crippen molar-refractivity contribution in [3.8, 4) is 0 Å². The number of methoxy groups -OCH3 is 1. The molecule has 2 fully saturated rings. The van der Waals surface area contributed by atoms with Gasteiger partial charge in [-0.25, -0.2) is 0 Å². The molecule has 1 saturated carbocycles. The third kappa shape index (κ3) is 4.23. The van der Waals surface area contributed by atoms with Gasteiger partial charge in [0.2, 0.25) is 11.8 Å². The molecule has 152 valence electrons. The molecular formula is C22H30N2O4. The van der Waals surface area contributed by atoms with E-state index in [0.717, 1.165) is 25.8 Å². The molecule has 1 aromatic rings. The van der Waals surface area contributed by atoms with Crippen LogP contribution >= 0.6 is 0 Å². The first-order chi connectivity index (χ1) is 13.6. The van der Waals surface area contributed by atoms with E-state index in [-0.39, 0.29) is 24.5 Å². The average molecular weight is 386 g/mol. The van der Waals surface area contributed by atoms with Crippen LogP contribution < -0.4 is 5.32 Å². The van der Waals surface area contributed by atoms with Crippen LogP contribution in [-0.2, 0) is 31.1 Å². The maximum atomic E-state index is 12.4. The lowest BCUT2D eigenvalue weighted by Gasteiger charge is -2.47. The molecule has 1 N–H and O–H groups in total. The lowest BCUT2D eigenvalue weighted by molar-refractivity contribution is -0.158. The van der Waals surface area contributed by atoms with E-state index in [4.69, 9.17) is 9.47 Å². The van der Waals surface area contributed by atoms with Crippen LogP contribution in [-0.4, -0.2) is 56.2 Å². The third-order valence-electron chi connectivity index (χ3n) is 6.24. The number of nitrogens with one attached hydrogen (secondary N) is 1. The normalized spacial score (nSPS) is 23.3. The fourth-order valence-electron chi connectivity index (χ4n) is 4.50. The zero-order valence-electron chi connectivity index (χ0n) is 16.6. The molecule has 1 atom stereocenters. The number of carbonyl (C=O) groups is 2. The fourth-order valence-corrected chi connectivity index (χ4v) is 4.50. The molecule has 1 unspecified atom stereocenters. The number of benzene rings is 1. The van der Waals surface area contributed by atoms with Gasteiger partial charge < -0.3 is 19.7 Å². The van der Waals surface area contributed by atoms with Crippen LogP contribution in [0, 0.1) is 5.92 Å². The largest absolute Gasteiger partial charge is 0.375 e. The van der Waals surface area contributed by atoms with E-state index >= 15 is 0 Å². The van der Waals surface area contributed by atoms with E-state index in [2.05, 4.69) is 29.6 Å². The summed E-state index contributed by atoms with van der Waals surface area (Å²) in [6, 6.07) is 8.40. The van der Waals surface area contributed by atoms with Crippen molar-refractivity contribution in [1.29, 1.82) is 0 Å². The Labute approximate surface area is 166 Å². The number of nitrogens with zero attached hydrogens (tertiary/aromatic N) is 1. The second kappa shape index (κ2) is 8.21. The van der Waals surface area contributed by atoms with Crippen LogP contribution in [0.2, 0.25) is 0 Å². The number of likely N-dealkylation sites (tertiary alicyclic amines) is 1. The molecule has 1 aromatic carbocycles. The minimum Gasteiger partial charge on any atom is -0.375 e. The molecule has 2 heterocycles. The number of amides is 2. The number of ether oxygens (including phenoxy) is 2. The minimum absolute atomic E-state index is 0.0254. The molecule has 6 nitrogen and oxygen atoms in total. The second-order valence-corrected chi connectivity index (χ2v) is 8.36. The standard InChI is InChI=1S/C22H30N2O4/c1-27-15-21(26)24-10-8-22(9-11-24)19-5-3-2-4-17(19)12-18(28-22)13-20(25)23-14-16-6-7-16/h2-5,16,18H,6-15H2,1H3,(H,23,25). The van der Waals surface area contributed by atoms with Crippen LogP contribution in [0.4, 0.5) is 0 Å². The second-order valence-electron chi connectivity index (χ2n) is 8.36. The van der Waals surface area contributed by atoms with Gasteiger partial charge in [0, 0.05) is 26.7 Å². The summed E-state index contributed by atoms with van der Waals surface area (Å²) in [7, 11) is 1.54. The van der Waals surface area contributed by atoms with E-state index < -0.39 is 5.60 Å². The number of rotatable bonds is 6. The van der Waals surface area contributed by atoms with E-state index in [0.29, 0.717) is 25.4 Å². The van der Waals surface area contributed by atoms with Crippen molar-refractivity contribution in [2.75, 3.05) is 33.4 Å². The van der Waals surface area contributed by atoms with Gasteiger partial charge in [-0.3, -0.25) is 9.59 Å². The SMILES string of the molecule is COCC(=O)N1CCC2(CC1)OC(CC(=O)NCC1CC1)Cc1ccccc12. The summed E-state index contributed by atoms with van der Waals surface area (Å²) in [5.41, 5.74) is 2.09. The van der Waals surface area contributed by atoms with Gasteiger partial charge in [-0.2, -0.15) is 0 Å². The number of hydrogen-bond donors (Lipinski definition) is 1. The summed E-state index contributed by atoms with van der Waals surface area (Å²) in [5.74, 6) is 0.786. The molecule has 4 rings (SSSR count). The van der Waals surface area contributed by atoms with Gasteiger partial charge >= 0.3 is 0 Å². The van der Waals surface area contributed by atoms with Crippen molar-refractivity contribution in [3.05, 3.63) is 35.4 Å². The molecule has 2 aliphatic heterocycles. The Morgan fingerprint density at radius 1 is 1.25 bits per heavy atom. The maximum absolute atomic E-state index is 12.4. The lowest BCUT2D eigenvalue weighted by Crippen LogP contribution is -2.51. The highest BCUT2D eigenvalue weighted by molar-refractivity contribution is 5.77. The minimum atomic E-state index is -0.403. The first-order valence-electron chi connectivity index (χ1n) is 10.4. The molecule has 6 heteroatoms. The van der Waals surface area contributed by atoms with Gasteiger partial charge in [-0.1, -0.05) is 24.3 Å². The van der Waals surface area contributed by atoms with Gasteiger partial charge in [0.25, 0.3) is 0 Å². The van der Waals surface area contributed by atoms with Crippen LogP contribution in [0.5, 0.6) is 0 Å². The summed E-state index contributed by atoms with van der Waals surface area (Å²) in [6.07, 6.45) is 5.01. The molecule has 3 aliphatic rings. The number of fused-ring (bicyclic) bond motifs is 2. The Bertz CT molecular complexity index is 723. The van der Waals surface area contributed by atoms with Gasteiger partial charge in [0.15, 0.2) is 0 Å². The Morgan fingerprint density at radius 2 is 2.00 bits per heavy atom. The molecule has 28 heavy (non-hydrogen) atoms. The van der Waals surface area contributed by atoms with Crippen molar-refractivity contribution < 1.29 is 19.1 Å². The van der Waals surface area contributed by atoms with Gasteiger partial charge in [0.1, 0.15) is 6.61 Å². The predicted molar refractivity (Wildman–Crippen MR) is 105 cm³/mol. The summed E-state index contributed by atoms with van der Waals surface area (Å²) < 4.78 is 11.6. The molecule has 1 spiro atoms. The molecule has 2 amide bonds. The molecule has 0 aromatic heterocycles. The first kappa shape index (κ1) is 19.4. The van der Waals surface area contributed by atoms with Gasteiger partial charge in [0.05, 0.1) is 18.1 Å². The molecule has 0 radical (unpaired) electrons. The first-order valence-corrected chi connectivity index (χ1v) is 10.4. The number of hydrogen-bond acceptors (Lipinski definition) is 4. The average Bonchev–Trinajstić information content (AvgIpc) is 3.52. The van der Waals surface area contributed by atoms with Crippen molar-refractivity contribution in [2.45, 2.75) is 50.2 Å². The Balaban J connectivity index is 1.45. The Hall–Kier alpha value is -1.92. The molecule has 1 saturated heterocycles. The maximum Gasteiger partial charge on any atom is 0.248 e. The van der Waals surface area contributed by atoms with Gasteiger partial charge in [-0.15, -0.1) is 0 Å². The van der Waals surface area contributed by atoms with Crippen LogP contribution in [0.1, 0.15) is 43.2 Å². The third-order valence-corrected chi connectivity index (χ3v) is 6.24. The summed E-state index contributed by atoms with van der Waals surface area (Å²) in [4.78, 5) is 26.4. The Kier molecular flexibility index (Phi) is 5.69. The number of piperidine rings is 1. The predicted octanol–water partition coefficient (Wildman–Crippen LogP) is 2.01. The smallest absolute Gasteiger partial charge is 0.248 e. The van der Waals surface area contributed by atoms with Crippen molar-refractivity contribution in [2.24, 2.45) is 5.92 Å². The molecular weight excluding hydrogens is 356 g/mol. The monoisotopic (exact) mass is 386 g/mol. The topological polar surface area (TPSA) is 67.9 Å². The zero-order valence-corrected chi connectivity index (χ0v) is 16.6. The van der Waals surface area contributed by atoms with E-state index in [1.165, 1.54) is 24.0 Å². The molecule has 0 bridgehead atoms. The van der Waals surface area contributed by atoms with Crippen LogP contribution in [0.25, 0.3) is 0 Å². The van der Waals surface area contributed by atoms with Crippen LogP contribution in [0.3, 0.4) is 0 Å². The summed E-state index contributed by atoms with van der Waals surface area (Å²) in [6.45, 7) is 2.21. The van der Waals surface area contributed by atoms with E-state index in [9.17, 15) is 9.59 Å². The summed E-state index contributed by atoms with van der Waals surface area (Å²) >= 11 is 0. The highest BCUT2D eigenvalue weighted by Gasteiger charge is 2.44. The van der Waals surface area contributed by atoms with E-state index in [1.54, 1.807) is 7.11 Å². The van der Waals surface area contributed by atoms with Crippen molar-refractivity contribution in [3.63, 3.8) is 0 Å². The van der Waals surface area contributed by atoms with Gasteiger partial charge in [-0.05, 0) is 49.1 Å². The Morgan fingerprint density at radius 3 is 2.71 bits per heavy atom. The fraction of sp³-hybridized carbons (Fsp3) is 0.636. The molecule has 1 aliphatic carbocycles. The highest BCUT2D eigenvalue weighted by atomic mass is 16.5. The van der Waals surface area contributed by atoms with Crippen LogP contribution in [0.15, 0.2) is 24.3 Å². The number of carbonyl (C=O) groups excluding carboxylic acids is 2. The lowest BCUT2D eigenvalue weighted by atomic mass is 9.78. The zero-order chi connectivity index (χ0) is 19.6. The van der Waals surface area contributed by atoms with Crippen molar-refractivity contribution in [1.82, 2.24) is 10.2 Å². The van der Waals surface area contributed by atoms with E-state index in [1.807, 2.05) is 4.90 Å². The van der Waals surface area contributed by atoms with Crippen molar-refractivity contribution >= 4 is 11.8 Å². The quantitative estimate of drug-likeness (QED) is 0.812.